The molecule has 0 aliphatic heterocycles. The summed E-state index contributed by atoms with van der Waals surface area (Å²) in [6.45, 7) is 7.69. The molecule has 4 rings (SSSR count). The normalized spacial score (nSPS) is 10.7. The van der Waals surface area contributed by atoms with E-state index in [0.717, 1.165) is 22.4 Å². The first kappa shape index (κ1) is 23.0. The highest BCUT2D eigenvalue weighted by atomic mass is 16.5. The summed E-state index contributed by atoms with van der Waals surface area (Å²) in [5.74, 6) is 0.587. The van der Waals surface area contributed by atoms with E-state index in [4.69, 9.17) is 4.74 Å². The molecule has 0 bridgehead atoms. The largest absolute Gasteiger partial charge is 0.497 e. The minimum absolute atomic E-state index is 0.257. The Bertz CT molecular complexity index is 1440. The van der Waals surface area contributed by atoms with Gasteiger partial charge in [-0.1, -0.05) is 35.9 Å². The molecule has 34 heavy (non-hydrogen) atoms. The van der Waals surface area contributed by atoms with Crippen molar-refractivity contribution in [1.29, 1.82) is 0 Å². The number of hydrogen-bond donors (Lipinski definition) is 1. The van der Waals surface area contributed by atoms with E-state index in [2.05, 4.69) is 10.4 Å². The molecule has 0 fully saturated rings. The molecular formula is C28H27N3O3. The Morgan fingerprint density at radius 3 is 2.32 bits per heavy atom. The maximum atomic E-state index is 13.4. The Hall–Kier alpha value is -4.19. The number of hydrogen-bond acceptors (Lipinski definition) is 4. The predicted octanol–water partition coefficient (Wildman–Crippen LogP) is 5.39. The van der Waals surface area contributed by atoms with Crippen molar-refractivity contribution in [3.05, 3.63) is 105 Å². The third kappa shape index (κ3) is 4.48. The van der Waals surface area contributed by atoms with Crippen LogP contribution in [0.1, 0.15) is 32.7 Å². The zero-order chi connectivity index (χ0) is 24.4. The smallest absolute Gasteiger partial charge is 0.256 e. The van der Waals surface area contributed by atoms with Crippen molar-refractivity contribution < 1.29 is 9.53 Å². The van der Waals surface area contributed by atoms with Crippen molar-refractivity contribution >= 4 is 11.7 Å². The minimum atomic E-state index is -0.327. The monoisotopic (exact) mass is 453 g/mol. The van der Waals surface area contributed by atoms with E-state index in [1.54, 1.807) is 36.9 Å². The Balaban J connectivity index is 1.98. The van der Waals surface area contributed by atoms with Gasteiger partial charge in [-0.05, 0) is 80.8 Å². The molecule has 6 nitrogen and oxygen atoms in total. The van der Waals surface area contributed by atoms with E-state index in [9.17, 15) is 9.59 Å². The molecule has 1 N–H and O–H groups in total. The van der Waals surface area contributed by atoms with Crippen LogP contribution in [0.2, 0.25) is 0 Å². The van der Waals surface area contributed by atoms with Crippen LogP contribution in [0.3, 0.4) is 0 Å². The number of nitrogens with one attached hydrogen (secondary N) is 1. The summed E-state index contributed by atoms with van der Waals surface area (Å²) in [4.78, 5) is 26.6. The molecule has 0 aliphatic rings. The highest BCUT2D eigenvalue weighted by molar-refractivity contribution is 6.05. The second kappa shape index (κ2) is 9.35. The Kier molecular flexibility index (Phi) is 6.32. The van der Waals surface area contributed by atoms with Gasteiger partial charge >= 0.3 is 0 Å². The lowest BCUT2D eigenvalue weighted by molar-refractivity contribution is 0.102. The number of nitrogens with zero attached hydrogens (tertiary/aromatic N) is 2. The maximum Gasteiger partial charge on any atom is 0.256 e. The predicted molar refractivity (Wildman–Crippen MR) is 135 cm³/mol. The van der Waals surface area contributed by atoms with E-state index >= 15 is 0 Å². The van der Waals surface area contributed by atoms with Gasteiger partial charge in [0.2, 0.25) is 5.43 Å². The summed E-state index contributed by atoms with van der Waals surface area (Å²) >= 11 is 0. The van der Waals surface area contributed by atoms with Gasteiger partial charge in [0, 0.05) is 5.56 Å². The van der Waals surface area contributed by atoms with Gasteiger partial charge in [0.15, 0.2) is 0 Å². The lowest BCUT2D eigenvalue weighted by atomic mass is 10.0. The van der Waals surface area contributed by atoms with Crippen molar-refractivity contribution in [2.75, 3.05) is 12.4 Å². The molecule has 0 radical (unpaired) electrons. The minimum Gasteiger partial charge on any atom is -0.497 e. The zero-order valence-corrected chi connectivity index (χ0v) is 20.0. The van der Waals surface area contributed by atoms with Crippen LogP contribution < -0.4 is 15.5 Å². The van der Waals surface area contributed by atoms with E-state index in [1.165, 1.54) is 0 Å². The second-order valence-corrected chi connectivity index (χ2v) is 8.37. The highest BCUT2D eigenvalue weighted by Gasteiger charge is 2.21. The number of ether oxygens (including phenoxy) is 1. The van der Waals surface area contributed by atoms with Crippen LogP contribution in [-0.2, 0) is 0 Å². The summed E-state index contributed by atoms with van der Waals surface area (Å²) in [6, 6.07) is 20.4. The zero-order valence-electron chi connectivity index (χ0n) is 20.0. The first-order valence-electron chi connectivity index (χ1n) is 11.0. The van der Waals surface area contributed by atoms with Crippen LogP contribution in [0.5, 0.6) is 5.75 Å². The van der Waals surface area contributed by atoms with Gasteiger partial charge in [0.25, 0.3) is 5.91 Å². The number of anilines is 1. The van der Waals surface area contributed by atoms with Crippen LogP contribution in [0.15, 0.2) is 71.5 Å². The molecule has 3 aromatic carbocycles. The summed E-state index contributed by atoms with van der Waals surface area (Å²) in [5.41, 5.74) is 5.55. The molecule has 1 aromatic heterocycles. The average Bonchev–Trinajstić information content (AvgIpc) is 2.83. The lowest BCUT2D eigenvalue weighted by Gasteiger charge is -2.19. The lowest BCUT2D eigenvalue weighted by Crippen LogP contribution is -2.25. The van der Waals surface area contributed by atoms with Crippen molar-refractivity contribution in [3.63, 3.8) is 0 Å². The Morgan fingerprint density at radius 2 is 1.65 bits per heavy atom. The third-order valence-electron chi connectivity index (χ3n) is 5.89. The van der Waals surface area contributed by atoms with Crippen molar-refractivity contribution in [2.24, 2.45) is 0 Å². The molecule has 0 unspecified atom stereocenters. The summed E-state index contributed by atoms with van der Waals surface area (Å²) in [5, 5.41) is 7.53. The van der Waals surface area contributed by atoms with Crippen LogP contribution in [0.4, 0.5) is 5.82 Å². The fourth-order valence-corrected chi connectivity index (χ4v) is 3.73. The highest BCUT2D eigenvalue weighted by Crippen LogP contribution is 2.30. The molecule has 172 valence electrons. The van der Waals surface area contributed by atoms with Gasteiger partial charge in [0.05, 0.1) is 18.4 Å². The van der Waals surface area contributed by atoms with Crippen LogP contribution in [0.25, 0.3) is 16.8 Å². The SMILES string of the molecule is COc1cccc(-c2c(NC(=O)c3ccc(C)cc3)n(-c3ccc(C)c(C)c3)nc(C)c2=O)c1. The van der Waals surface area contributed by atoms with Crippen LogP contribution >= 0.6 is 0 Å². The van der Waals surface area contributed by atoms with Gasteiger partial charge in [-0.2, -0.15) is 5.10 Å². The Labute approximate surface area is 198 Å². The van der Waals surface area contributed by atoms with E-state index in [-0.39, 0.29) is 11.3 Å². The molecule has 1 amide bonds. The van der Waals surface area contributed by atoms with E-state index in [0.29, 0.717) is 34.0 Å². The molecule has 0 aliphatic carbocycles. The molecule has 0 saturated heterocycles. The number of carbonyl (C=O) groups excluding carboxylic acids is 1. The van der Waals surface area contributed by atoms with Crippen molar-refractivity contribution in [2.45, 2.75) is 27.7 Å². The molecular weight excluding hydrogens is 426 g/mol. The van der Waals surface area contributed by atoms with E-state index in [1.807, 2.05) is 69.3 Å². The second-order valence-electron chi connectivity index (χ2n) is 8.37. The Morgan fingerprint density at radius 1 is 0.912 bits per heavy atom. The van der Waals surface area contributed by atoms with Gasteiger partial charge in [0.1, 0.15) is 17.3 Å². The summed E-state index contributed by atoms with van der Waals surface area (Å²) in [6.07, 6.45) is 0. The molecule has 1 heterocycles. The number of aryl methyl sites for hydroxylation is 4. The number of benzene rings is 3. The molecule has 0 atom stereocenters. The molecule has 6 heteroatoms. The van der Waals surface area contributed by atoms with Crippen molar-refractivity contribution in [1.82, 2.24) is 9.78 Å². The fraction of sp³-hybridized carbons (Fsp3) is 0.179. The topological polar surface area (TPSA) is 73.2 Å². The molecule has 0 spiro atoms. The number of methoxy groups -OCH3 is 1. The standard InChI is InChI=1S/C28H27N3O3/c1-17-9-12-21(13-10-17)28(33)29-27-25(22-7-6-8-24(16-22)34-5)26(32)20(4)30-31(27)23-14-11-18(2)19(3)15-23/h6-16H,1-5H3,(H,29,33). The van der Waals surface area contributed by atoms with Crippen molar-refractivity contribution in [3.8, 4) is 22.6 Å². The number of carbonyl (C=O) groups is 1. The third-order valence-corrected chi connectivity index (χ3v) is 5.89. The summed E-state index contributed by atoms with van der Waals surface area (Å²) in [7, 11) is 1.57. The van der Waals surface area contributed by atoms with Gasteiger partial charge < -0.3 is 10.1 Å². The van der Waals surface area contributed by atoms with Crippen LogP contribution in [-0.4, -0.2) is 22.8 Å². The van der Waals surface area contributed by atoms with Gasteiger partial charge in [-0.15, -0.1) is 0 Å². The quantitative estimate of drug-likeness (QED) is 0.439. The molecule has 4 aromatic rings. The van der Waals surface area contributed by atoms with Gasteiger partial charge in [-0.3, -0.25) is 9.59 Å². The first-order valence-corrected chi connectivity index (χ1v) is 11.0. The number of rotatable bonds is 5. The number of aromatic nitrogens is 2. The summed E-state index contributed by atoms with van der Waals surface area (Å²) < 4.78 is 7.01. The first-order chi connectivity index (χ1) is 16.3. The molecule has 0 saturated carbocycles. The number of amides is 1. The average molecular weight is 454 g/mol. The van der Waals surface area contributed by atoms with E-state index < -0.39 is 0 Å². The van der Waals surface area contributed by atoms with Gasteiger partial charge in [-0.25, -0.2) is 4.68 Å². The maximum absolute atomic E-state index is 13.4. The van der Waals surface area contributed by atoms with Crippen LogP contribution in [0, 0.1) is 27.7 Å². The fourth-order valence-electron chi connectivity index (χ4n) is 3.73.